The standard InChI is InChI=1S/C19H24NO5/c1-13(2)19(22)24-9-8-20(3,4)12-14-10-18(21)25-17-11-15(23-5)6-7-16(14)17/h6-7,10-11H,1,8-9,12H2,2-5H3/q+1. The predicted octanol–water partition coefficient (Wildman–Crippen LogP) is 2.50. The number of rotatable bonds is 7. The highest BCUT2D eigenvalue weighted by molar-refractivity contribution is 5.86. The molecule has 1 aromatic heterocycles. The average molecular weight is 346 g/mol. The zero-order valence-electron chi connectivity index (χ0n) is 15.1. The summed E-state index contributed by atoms with van der Waals surface area (Å²) in [5.74, 6) is 0.242. The van der Waals surface area contributed by atoms with Crippen LogP contribution in [0.5, 0.6) is 5.75 Å². The molecule has 0 atom stereocenters. The van der Waals surface area contributed by atoms with Gasteiger partial charge in [0.15, 0.2) is 0 Å². The van der Waals surface area contributed by atoms with Gasteiger partial charge in [-0.3, -0.25) is 0 Å². The van der Waals surface area contributed by atoms with Gasteiger partial charge in [0.25, 0.3) is 0 Å². The Balaban J connectivity index is 2.19. The van der Waals surface area contributed by atoms with Gasteiger partial charge >= 0.3 is 11.6 Å². The molecule has 2 aromatic rings. The fourth-order valence-corrected chi connectivity index (χ4v) is 2.52. The van der Waals surface area contributed by atoms with E-state index in [1.54, 1.807) is 20.1 Å². The molecular formula is C19H24NO5+. The number of hydrogen-bond donors (Lipinski definition) is 0. The van der Waals surface area contributed by atoms with Crippen molar-refractivity contribution in [2.24, 2.45) is 0 Å². The van der Waals surface area contributed by atoms with E-state index in [0.717, 1.165) is 10.9 Å². The smallest absolute Gasteiger partial charge is 0.336 e. The number of carbonyl (C=O) groups is 1. The Morgan fingerprint density at radius 3 is 2.64 bits per heavy atom. The van der Waals surface area contributed by atoms with Crippen molar-refractivity contribution in [2.75, 3.05) is 34.4 Å². The van der Waals surface area contributed by atoms with Crippen LogP contribution in [0.25, 0.3) is 11.0 Å². The second kappa shape index (κ2) is 7.53. The summed E-state index contributed by atoms with van der Waals surface area (Å²) in [5.41, 5.74) is 1.36. The number of fused-ring (bicyclic) bond motifs is 1. The van der Waals surface area contributed by atoms with Crippen molar-refractivity contribution < 1.29 is 23.2 Å². The van der Waals surface area contributed by atoms with Crippen molar-refractivity contribution in [3.05, 3.63) is 52.4 Å². The maximum atomic E-state index is 11.9. The highest BCUT2D eigenvalue weighted by atomic mass is 16.5. The minimum absolute atomic E-state index is 0.284. The first kappa shape index (κ1) is 18.7. The van der Waals surface area contributed by atoms with Gasteiger partial charge < -0.3 is 18.4 Å². The lowest BCUT2D eigenvalue weighted by Gasteiger charge is -2.29. The first-order chi connectivity index (χ1) is 11.7. The molecule has 2 rings (SSSR count). The number of methoxy groups -OCH3 is 1. The Hall–Kier alpha value is -2.60. The van der Waals surface area contributed by atoms with Crippen LogP contribution < -0.4 is 10.4 Å². The molecule has 0 spiro atoms. The summed E-state index contributed by atoms with van der Waals surface area (Å²) in [6, 6.07) is 6.93. The van der Waals surface area contributed by atoms with E-state index in [1.165, 1.54) is 6.07 Å². The Morgan fingerprint density at radius 1 is 1.28 bits per heavy atom. The van der Waals surface area contributed by atoms with Gasteiger partial charge in [0.1, 0.15) is 31.0 Å². The molecule has 25 heavy (non-hydrogen) atoms. The van der Waals surface area contributed by atoms with Crippen LogP contribution in [-0.2, 0) is 16.1 Å². The Bertz CT molecular complexity index is 851. The summed E-state index contributed by atoms with van der Waals surface area (Å²) < 4.78 is 16.2. The Kier molecular flexibility index (Phi) is 5.64. The van der Waals surface area contributed by atoms with Gasteiger partial charge in [-0.1, -0.05) is 6.58 Å². The van der Waals surface area contributed by atoms with Crippen LogP contribution >= 0.6 is 0 Å². The topological polar surface area (TPSA) is 65.7 Å². The number of likely N-dealkylation sites (N-methyl/N-ethyl adjacent to an activating group) is 1. The van der Waals surface area contributed by atoms with Crippen molar-refractivity contribution in [1.82, 2.24) is 0 Å². The Labute approximate surface area is 146 Å². The molecule has 0 radical (unpaired) electrons. The van der Waals surface area contributed by atoms with Gasteiger partial charge in [-0.05, 0) is 19.1 Å². The molecule has 6 nitrogen and oxygen atoms in total. The number of esters is 1. The predicted molar refractivity (Wildman–Crippen MR) is 95.5 cm³/mol. The molecule has 0 aliphatic rings. The molecular weight excluding hydrogens is 322 g/mol. The van der Waals surface area contributed by atoms with Crippen LogP contribution in [0.1, 0.15) is 12.5 Å². The van der Waals surface area contributed by atoms with E-state index in [0.29, 0.717) is 34.5 Å². The summed E-state index contributed by atoms with van der Waals surface area (Å²) in [5, 5.41) is 0.866. The van der Waals surface area contributed by atoms with E-state index in [9.17, 15) is 9.59 Å². The summed E-state index contributed by atoms with van der Waals surface area (Å²) in [6.07, 6.45) is 0. The first-order valence-electron chi connectivity index (χ1n) is 7.97. The van der Waals surface area contributed by atoms with E-state index in [2.05, 4.69) is 6.58 Å². The molecule has 0 N–H and O–H groups in total. The SMILES string of the molecule is C=C(C)C(=O)OCC[N+](C)(C)Cc1cc(=O)oc2cc(OC)ccc12. The molecule has 6 heteroatoms. The lowest BCUT2D eigenvalue weighted by molar-refractivity contribution is -0.903. The van der Waals surface area contributed by atoms with Gasteiger partial charge in [0.2, 0.25) is 0 Å². The van der Waals surface area contributed by atoms with Crippen LogP contribution in [0.2, 0.25) is 0 Å². The number of carbonyl (C=O) groups excluding carboxylic acids is 1. The monoisotopic (exact) mass is 346 g/mol. The molecule has 0 unspecified atom stereocenters. The van der Waals surface area contributed by atoms with E-state index in [-0.39, 0.29) is 6.61 Å². The van der Waals surface area contributed by atoms with E-state index in [1.807, 2.05) is 26.2 Å². The average Bonchev–Trinajstić information content (AvgIpc) is 2.53. The molecule has 0 aliphatic heterocycles. The lowest BCUT2D eigenvalue weighted by atomic mass is 10.1. The maximum absolute atomic E-state index is 11.9. The maximum Gasteiger partial charge on any atom is 0.336 e. The van der Waals surface area contributed by atoms with Crippen molar-refractivity contribution in [2.45, 2.75) is 13.5 Å². The van der Waals surface area contributed by atoms with Gasteiger partial charge in [0.05, 0.1) is 21.2 Å². The van der Waals surface area contributed by atoms with E-state index in [4.69, 9.17) is 13.9 Å². The fourth-order valence-electron chi connectivity index (χ4n) is 2.52. The largest absolute Gasteiger partial charge is 0.497 e. The van der Waals surface area contributed by atoms with E-state index >= 15 is 0 Å². The highest BCUT2D eigenvalue weighted by Gasteiger charge is 2.20. The van der Waals surface area contributed by atoms with Crippen LogP contribution in [0.4, 0.5) is 0 Å². The normalized spacial score (nSPS) is 11.4. The molecule has 0 amide bonds. The van der Waals surface area contributed by atoms with Crippen molar-refractivity contribution in [3.8, 4) is 5.75 Å². The summed E-state index contributed by atoms with van der Waals surface area (Å²) >= 11 is 0. The molecule has 134 valence electrons. The minimum Gasteiger partial charge on any atom is -0.497 e. The van der Waals surface area contributed by atoms with Crippen LogP contribution in [0.3, 0.4) is 0 Å². The third-order valence-electron chi connectivity index (χ3n) is 3.91. The van der Waals surface area contributed by atoms with Gasteiger partial charge in [0, 0.05) is 28.7 Å². The quantitative estimate of drug-likeness (QED) is 0.333. The molecule has 1 aromatic carbocycles. The second-order valence-electron chi connectivity index (χ2n) is 6.69. The Morgan fingerprint density at radius 2 is 2.00 bits per heavy atom. The number of ether oxygens (including phenoxy) is 2. The third-order valence-corrected chi connectivity index (χ3v) is 3.91. The second-order valence-corrected chi connectivity index (χ2v) is 6.69. The lowest BCUT2D eigenvalue weighted by Crippen LogP contribution is -2.42. The van der Waals surface area contributed by atoms with Crippen LogP contribution in [0.15, 0.2) is 45.6 Å². The van der Waals surface area contributed by atoms with Gasteiger partial charge in [-0.25, -0.2) is 9.59 Å². The number of benzene rings is 1. The molecule has 0 saturated carbocycles. The first-order valence-corrected chi connectivity index (χ1v) is 7.97. The van der Waals surface area contributed by atoms with Crippen LogP contribution in [0, 0.1) is 0 Å². The number of hydrogen-bond acceptors (Lipinski definition) is 5. The zero-order chi connectivity index (χ0) is 18.6. The fraction of sp³-hybridized carbons (Fsp3) is 0.368. The molecule has 0 saturated heterocycles. The van der Waals surface area contributed by atoms with Crippen molar-refractivity contribution in [1.29, 1.82) is 0 Å². The molecule has 0 fully saturated rings. The van der Waals surface area contributed by atoms with Crippen molar-refractivity contribution in [3.63, 3.8) is 0 Å². The number of quaternary nitrogens is 1. The van der Waals surface area contributed by atoms with Gasteiger partial charge in [-0.15, -0.1) is 0 Å². The number of nitrogens with zero attached hydrogens (tertiary/aromatic N) is 1. The molecule has 1 heterocycles. The zero-order valence-corrected chi connectivity index (χ0v) is 15.1. The van der Waals surface area contributed by atoms with Gasteiger partial charge in [-0.2, -0.15) is 0 Å². The van der Waals surface area contributed by atoms with Crippen molar-refractivity contribution >= 4 is 16.9 Å². The minimum atomic E-state index is -0.399. The van der Waals surface area contributed by atoms with E-state index < -0.39 is 11.6 Å². The summed E-state index contributed by atoms with van der Waals surface area (Å²) in [7, 11) is 5.59. The van der Waals surface area contributed by atoms with Crippen LogP contribution in [-0.4, -0.2) is 44.8 Å². The molecule has 0 aliphatic carbocycles. The summed E-state index contributed by atoms with van der Waals surface area (Å²) in [6.45, 7) is 6.67. The summed E-state index contributed by atoms with van der Waals surface area (Å²) in [4.78, 5) is 23.3. The molecule has 0 bridgehead atoms. The highest BCUT2D eigenvalue weighted by Crippen LogP contribution is 2.24. The third kappa shape index (κ3) is 4.93.